The summed E-state index contributed by atoms with van der Waals surface area (Å²) < 4.78 is 68.3. The Morgan fingerprint density at radius 1 is 1.10 bits per heavy atom. The number of carbonyl (C=O) groups excluding carboxylic acids is 2. The fraction of sp³-hybridized carbons (Fsp3) is 0.529. The molecule has 0 aliphatic carbocycles. The van der Waals surface area contributed by atoms with Crippen LogP contribution in [0.2, 0.25) is 0 Å². The van der Waals surface area contributed by atoms with E-state index in [0.29, 0.717) is 5.56 Å². The van der Waals surface area contributed by atoms with Crippen molar-refractivity contribution in [1.82, 2.24) is 10.2 Å². The van der Waals surface area contributed by atoms with E-state index in [1.807, 2.05) is 0 Å². The molecule has 0 heterocycles. The number of carbonyl (C=O) groups is 2. The predicted octanol–water partition coefficient (Wildman–Crippen LogP) is 2.44. The van der Waals surface area contributed by atoms with E-state index in [0.717, 1.165) is 12.1 Å². The summed E-state index contributed by atoms with van der Waals surface area (Å²) in [6.07, 6.45) is -0.823. The lowest BCUT2D eigenvalue weighted by Gasteiger charge is -2.25. The van der Waals surface area contributed by atoms with Crippen LogP contribution in [0.15, 0.2) is 24.3 Å². The van der Waals surface area contributed by atoms with Gasteiger partial charge in [0.2, 0.25) is 5.91 Å². The van der Waals surface area contributed by atoms with Gasteiger partial charge in [-0.05, 0) is 38.5 Å². The van der Waals surface area contributed by atoms with E-state index >= 15 is 0 Å². The summed E-state index contributed by atoms with van der Waals surface area (Å²) in [5.41, 5.74) is -5.89. The van der Waals surface area contributed by atoms with Gasteiger partial charge in [0.25, 0.3) is 0 Å². The molecule has 1 aromatic rings. The van der Waals surface area contributed by atoms with Gasteiger partial charge in [-0.25, -0.2) is 4.79 Å². The van der Waals surface area contributed by atoms with E-state index in [1.165, 1.54) is 31.1 Å². The van der Waals surface area contributed by atoms with Crippen molar-refractivity contribution in [2.75, 3.05) is 14.1 Å². The molecular weight excluding hydrogens is 417 g/mol. The second-order valence-electron chi connectivity index (χ2n) is 7.26. The van der Waals surface area contributed by atoms with Crippen molar-refractivity contribution in [1.29, 1.82) is 0 Å². The Labute approximate surface area is 167 Å². The number of alkyl carbamates (subject to hydrolysis) is 1. The van der Waals surface area contributed by atoms with Crippen molar-refractivity contribution in [3.05, 3.63) is 29.8 Å². The fourth-order valence-corrected chi connectivity index (χ4v) is 2.51. The molecule has 0 bridgehead atoms. The fourth-order valence-electron chi connectivity index (χ4n) is 2.05. The van der Waals surface area contributed by atoms with Gasteiger partial charge < -0.3 is 19.1 Å². The lowest BCUT2D eigenvalue weighted by atomic mass is 10.0. The van der Waals surface area contributed by atoms with Crippen LogP contribution in [-0.2, 0) is 26.1 Å². The van der Waals surface area contributed by atoms with Gasteiger partial charge >= 0.3 is 21.7 Å². The molecule has 29 heavy (non-hydrogen) atoms. The van der Waals surface area contributed by atoms with Crippen LogP contribution in [0.3, 0.4) is 0 Å². The van der Waals surface area contributed by atoms with Crippen LogP contribution >= 0.6 is 0 Å². The summed E-state index contributed by atoms with van der Waals surface area (Å²) in [4.78, 5) is 25.6. The molecule has 0 radical (unpaired) electrons. The minimum Gasteiger partial charge on any atom is -0.444 e. The van der Waals surface area contributed by atoms with Gasteiger partial charge in [-0.15, -0.1) is 0 Å². The molecule has 0 aliphatic rings. The smallest absolute Gasteiger partial charge is 0.444 e. The quantitative estimate of drug-likeness (QED) is 0.539. The molecule has 0 saturated carbocycles. The van der Waals surface area contributed by atoms with Gasteiger partial charge in [0.1, 0.15) is 17.4 Å². The number of alkyl halides is 3. The molecule has 1 rings (SSSR count). The molecule has 12 heteroatoms. The molecule has 0 aliphatic heterocycles. The molecule has 0 spiro atoms. The van der Waals surface area contributed by atoms with E-state index in [-0.39, 0.29) is 6.42 Å². The first-order valence-electron chi connectivity index (χ1n) is 8.32. The number of rotatable bonds is 6. The van der Waals surface area contributed by atoms with E-state index in [2.05, 4.69) is 9.50 Å². The van der Waals surface area contributed by atoms with Crippen molar-refractivity contribution < 1.29 is 40.1 Å². The molecule has 1 atom stereocenters. The van der Waals surface area contributed by atoms with Crippen molar-refractivity contribution in [3.63, 3.8) is 0 Å². The zero-order valence-corrected chi connectivity index (χ0v) is 17.3. The molecule has 8 nitrogen and oxygen atoms in total. The Balaban J connectivity index is 2.94. The van der Waals surface area contributed by atoms with Crippen molar-refractivity contribution >= 4 is 22.1 Å². The maximum Gasteiger partial charge on any atom is 0.534 e. The molecule has 0 aromatic heterocycles. The van der Waals surface area contributed by atoms with Crippen LogP contribution in [0.25, 0.3) is 0 Å². The molecule has 164 valence electrons. The Morgan fingerprint density at radius 3 is 2.03 bits per heavy atom. The number of ether oxygens (including phenoxy) is 1. The maximum atomic E-state index is 12.4. The van der Waals surface area contributed by atoms with Crippen molar-refractivity contribution in [2.24, 2.45) is 0 Å². The summed E-state index contributed by atoms with van der Waals surface area (Å²) >= 11 is 0. The van der Waals surface area contributed by atoms with Gasteiger partial charge in [-0.1, -0.05) is 12.1 Å². The number of hydrogen-bond acceptors (Lipinski definition) is 6. The minimum absolute atomic E-state index is 0.0114. The van der Waals surface area contributed by atoms with Crippen LogP contribution < -0.4 is 9.50 Å². The molecular formula is C17H23F3N2O6S. The first-order valence-corrected chi connectivity index (χ1v) is 9.73. The standard InChI is InChI=1S/C17H23F3N2O6S/c1-16(2,3)27-15(24)21-13(14(23)22(4)5)10-11-6-8-12(9-7-11)28-29(25,26)17(18,19)20/h6-9,13H,10H2,1-5H3,(H,21,24)/t13-/m0/s1. The zero-order chi connectivity index (χ0) is 22.6. The first-order chi connectivity index (χ1) is 13.0. The van der Waals surface area contributed by atoms with Gasteiger partial charge in [0, 0.05) is 20.5 Å². The number of benzene rings is 1. The van der Waals surface area contributed by atoms with Gasteiger partial charge in [-0.2, -0.15) is 21.6 Å². The largest absolute Gasteiger partial charge is 0.534 e. The third-order valence-electron chi connectivity index (χ3n) is 3.28. The van der Waals surface area contributed by atoms with Crippen molar-refractivity contribution in [3.8, 4) is 5.75 Å². The van der Waals surface area contributed by atoms with E-state index < -0.39 is 45.0 Å². The number of likely N-dealkylation sites (N-methyl/N-ethyl adjacent to an activating group) is 1. The molecule has 1 N–H and O–H groups in total. The number of nitrogens with one attached hydrogen (secondary N) is 1. The van der Waals surface area contributed by atoms with Gasteiger partial charge in [0.15, 0.2) is 0 Å². The monoisotopic (exact) mass is 440 g/mol. The van der Waals surface area contributed by atoms with E-state index in [1.54, 1.807) is 20.8 Å². The molecule has 0 unspecified atom stereocenters. The van der Waals surface area contributed by atoms with Crippen LogP contribution in [0, 0.1) is 0 Å². The van der Waals surface area contributed by atoms with E-state index in [4.69, 9.17) is 4.74 Å². The highest BCUT2D eigenvalue weighted by Crippen LogP contribution is 2.27. The average molecular weight is 440 g/mol. The first kappa shape index (κ1) is 24.5. The summed E-state index contributed by atoms with van der Waals surface area (Å²) in [5, 5.41) is 2.45. The highest BCUT2D eigenvalue weighted by Gasteiger charge is 2.48. The summed E-state index contributed by atoms with van der Waals surface area (Å²) in [5.74, 6) is -0.975. The highest BCUT2D eigenvalue weighted by molar-refractivity contribution is 7.88. The molecule has 0 fully saturated rings. The second-order valence-corrected chi connectivity index (χ2v) is 8.80. The third-order valence-corrected chi connectivity index (χ3v) is 4.26. The van der Waals surface area contributed by atoms with Crippen LogP contribution in [0.1, 0.15) is 26.3 Å². The topological polar surface area (TPSA) is 102 Å². The van der Waals surface area contributed by atoms with E-state index in [9.17, 15) is 31.2 Å². The third kappa shape index (κ3) is 7.80. The Hall–Kier alpha value is -2.50. The number of nitrogens with zero attached hydrogens (tertiary/aromatic N) is 1. The minimum atomic E-state index is -5.78. The van der Waals surface area contributed by atoms with Crippen LogP contribution in [0.5, 0.6) is 5.75 Å². The number of halogens is 3. The Kier molecular flexibility index (Phi) is 7.52. The second kappa shape index (κ2) is 8.89. The zero-order valence-electron chi connectivity index (χ0n) is 16.5. The average Bonchev–Trinajstić information content (AvgIpc) is 2.52. The number of hydrogen-bond donors (Lipinski definition) is 1. The normalized spacial score (nSPS) is 13.4. The van der Waals surface area contributed by atoms with Gasteiger partial charge in [0.05, 0.1) is 0 Å². The SMILES string of the molecule is CN(C)C(=O)[C@H](Cc1ccc(OS(=O)(=O)C(F)(F)F)cc1)NC(=O)OC(C)(C)C. The molecule has 0 saturated heterocycles. The van der Waals surface area contributed by atoms with Crippen LogP contribution in [0.4, 0.5) is 18.0 Å². The Morgan fingerprint density at radius 2 is 1.62 bits per heavy atom. The predicted molar refractivity (Wildman–Crippen MR) is 97.6 cm³/mol. The highest BCUT2D eigenvalue weighted by atomic mass is 32.2. The lowest BCUT2D eigenvalue weighted by molar-refractivity contribution is -0.130. The Bertz CT molecular complexity index is 830. The molecule has 2 amide bonds. The summed E-state index contributed by atoms with van der Waals surface area (Å²) in [6.45, 7) is 4.97. The summed E-state index contributed by atoms with van der Waals surface area (Å²) in [6, 6.07) is 3.60. The van der Waals surface area contributed by atoms with Gasteiger partial charge in [-0.3, -0.25) is 4.79 Å². The van der Waals surface area contributed by atoms with Crippen LogP contribution in [-0.4, -0.2) is 56.6 Å². The number of amides is 2. The van der Waals surface area contributed by atoms with Crippen molar-refractivity contribution in [2.45, 2.75) is 44.3 Å². The molecule has 1 aromatic carbocycles. The maximum absolute atomic E-state index is 12.4. The lowest BCUT2D eigenvalue weighted by Crippen LogP contribution is -2.48. The summed E-state index contributed by atoms with van der Waals surface area (Å²) in [7, 11) is -2.80.